The molecule has 2 aliphatic rings. The van der Waals surface area contributed by atoms with Crippen molar-refractivity contribution >= 4 is 17.8 Å². The zero-order chi connectivity index (χ0) is 20.8. The number of carbonyl (C=O) groups excluding carboxylic acids is 1. The third-order valence-corrected chi connectivity index (χ3v) is 6.31. The monoisotopic (exact) mass is 402 g/mol. The van der Waals surface area contributed by atoms with Crippen molar-refractivity contribution in [3.05, 3.63) is 35.9 Å². The molecule has 1 aliphatic carbocycles. The number of piperidine rings is 1. The van der Waals surface area contributed by atoms with Crippen LogP contribution in [0.3, 0.4) is 0 Å². The van der Waals surface area contributed by atoms with Crippen molar-refractivity contribution in [3.8, 4) is 0 Å². The Morgan fingerprint density at radius 1 is 1.03 bits per heavy atom. The van der Waals surface area contributed by atoms with Crippen molar-refractivity contribution in [1.29, 1.82) is 0 Å². The summed E-state index contributed by atoms with van der Waals surface area (Å²) in [4.78, 5) is 37.9. The van der Waals surface area contributed by atoms with Gasteiger partial charge in [-0.05, 0) is 50.0 Å². The molecule has 7 heteroatoms. The second kappa shape index (κ2) is 9.87. The van der Waals surface area contributed by atoms with E-state index in [-0.39, 0.29) is 18.5 Å². The Labute approximate surface area is 171 Å². The Morgan fingerprint density at radius 3 is 2.45 bits per heavy atom. The van der Waals surface area contributed by atoms with Crippen LogP contribution < -0.4 is 5.32 Å². The number of nitrogens with zero attached hydrogens (tertiary/aromatic N) is 1. The van der Waals surface area contributed by atoms with Crippen LogP contribution in [-0.4, -0.2) is 57.6 Å². The predicted molar refractivity (Wildman–Crippen MR) is 107 cm³/mol. The van der Waals surface area contributed by atoms with Crippen LogP contribution in [0.4, 0.5) is 0 Å². The predicted octanol–water partition coefficient (Wildman–Crippen LogP) is 2.30. The maximum atomic E-state index is 13.0. The van der Waals surface area contributed by atoms with Gasteiger partial charge < -0.3 is 15.1 Å². The van der Waals surface area contributed by atoms with Crippen LogP contribution in [0.2, 0.25) is 0 Å². The fraction of sp³-hybridized carbons (Fsp3) is 0.591. The zero-order valence-electron chi connectivity index (χ0n) is 16.6. The molecule has 158 valence electrons. The van der Waals surface area contributed by atoms with E-state index in [0.29, 0.717) is 25.2 Å². The summed E-state index contributed by atoms with van der Waals surface area (Å²) in [6.07, 6.45) is 6.25. The van der Waals surface area contributed by atoms with Gasteiger partial charge in [0.25, 0.3) is 0 Å². The zero-order valence-corrected chi connectivity index (χ0v) is 16.6. The minimum atomic E-state index is -1.00. The molecule has 1 aromatic carbocycles. The number of aryl methyl sites for hydroxylation is 1. The Kier molecular flexibility index (Phi) is 7.25. The Hall–Kier alpha value is -2.41. The van der Waals surface area contributed by atoms with Gasteiger partial charge in [0.15, 0.2) is 0 Å². The summed E-state index contributed by atoms with van der Waals surface area (Å²) in [5, 5.41) is 22.0. The van der Waals surface area contributed by atoms with Crippen LogP contribution in [0.1, 0.15) is 50.5 Å². The number of amides is 1. The summed E-state index contributed by atoms with van der Waals surface area (Å²) < 4.78 is 0. The Bertz CT molecular complexity index is 723. The van der Waals surface area contributed by atoms with E-state index in [4.69, 9.17) is 0 Å². The van der Waals surface area contributed by atoms with E-state index in [1.807, 2.05) is 30.3 Å². The summed E-state index contributed by atoms with van der Waals surface area (Å²) in [6.45, 7) is -0.154. The minimum Gasteiger partial charge on any atom is -0.480 e. The molecule has 1 amide bonds. The van der Waals surface area contributed by atoms with E-state index in [1.54, 1.807) is 4.90 Å². The molecular formula is C22H30N2O5. The SMILES string of the molecule is O=C(O)C(CCc1ccccc1)NCC(=O)N1C(C(=O)O)CCC2CCCCC21. The Morgan fingerprint density at radius 2 is 1.76 bits per heavy atom. The van der Waals surface area contributed by atoms with Crippen molar-refractivity contribution in [1.82, 2.24) is 10.2 Å². The fourth-order valence-corrected chi connectivity index (χ4v) is 4.80. The third-order valence-electron chi connectivity index (χ3n) is 6.31. The molecule has 1 saturated heterocycles. The number of likely N-dealkylation sites (tertiary alicyclic amines) is 1. The molecule has 29 heavy (non-hydrogen) atoms. The highest BCUT2D eigenvalue weighted by molar-refractivity contribution is 5.86. The van der Waals surface area contributed by atoms with Crippen LogP contribution in [0.5, 0.6) is 0 Å². The molecule has 4 unspecified atom stereocenters. The number of carboxylic acids is 2. The minimum absolute atomic E-state index is 0.0412. The first kappa shape index (κ1) is 21.3. The van der Waals surface area contributed by atoms with Gasteiger partial charge in [-0.2, -0.15) is 0 Å². The van der Waals surface area contributed by atoms with Gasteiger partial charge in [0.1, 0.15) is 12.1 Å². The number of fused-ring (bicyclic) bond motifs is 1. The first-order valence-corrected chi connectivity index (χ1v) is 10.5. The third kappa shape index (κ3) is 5.35. The van der Waals surface area contributed by atoms with Gasteiger partial charge in [0.05, 0.1) is 6.54 Å². The van der Waals surface area contributed by atoms with E-state index >= 15 is 0 Å². The smallest absolute Gasteiger partial charge is 0.326 e. The molecule has 0 bridgehead atoms. The molecule has 0 aromatic heterocycles. The molecule has 1 saturated carbocycles. The van der Waals surface area contributed by atoms with Crippen LogP contribution in [0.25, 0.3) is 0 Å². The van der Waals surface area contributed by atoms with Crippen LogP contribution in [-0.2, 0) is 20.8 Å². The van der Waals surface area contributed by atoms with E-state index < -0.39 is 24.0 Å². The topological polar surface area (TPSA) is 107 Å². The van der Waals surface area contributed by atoms with Crippen molar-refractivity contribution in [2.75, 3.05) is 6.54 Å². The van der Waals surface area contributed by atoms with Gasteiger partial charge in [-0.3, -0.25) is 14.9 Å². The Balaban J connectivity index is 1.62. The maximum absolute atomic E-state index is 13.0. The molecule has 3 N–H and O–H groups in total. The second-order valence-corrected chi connectivity index (χ2v) is 8.14. The number of carboxylic acid groups (broad SMARTS) is 2. The van der Waals surface area contributed by atoms with Gasteiger partial charge in [-0.1, -0.05) is 43.2 Å². The average molecular weight is 402 g/mol. The number of hydrogen-bond acceptors (Lipinski definition) is 4. The lowest BCUT2D eigenvalue weighted by Gasteiger charge is -2.47. The highest BCUT2D eigenvalue weighted by Crippen LogP contribution is 2.38. The lowest BCUT2D eigenvalue weighted by atomic mass is 9.76. The lowest BCUT2D eigenvalue weighted by molar-refractivity contribution is -0.158. The molecule has 0 radical (unpaired) electrons. The van der Waals surface area contributed by atoms with Gasteiger partial charge in [-0.15, -0.1) is 0 Å². The molecule has 1 heterocycles. The van der Waals surface area contributed by atoms with E-state index in [9.17, 15) is 24.6 Å². The molecule has 1 aromatic rings. The summed E-state index contributed by atoms with van der Waals surface area (Å²) in [6, 6.07) is 7.91. The number of rotatable bonds is 8. The van der Waals surface area contributed by atoms with Crippen molar-refractivity contribution in [3.63, 3.8) is 0 Å². The quantitative estimate of drug-likeness (QED) is 0.616. The van der Waals surface area contributed by atoms with Crippen molar-refractivity contribution in [2.24, 2.45) is 5.92 Å². The highest BCUT2D eigenvalue weighted by atomic mass is 16.4. The molecule has 3 rings (SSSR count). The highest BCUT2D eigenvalue weighted by Gasteiger charge is 2.43. The van der Waals surface area contributed by atoms with E-state index in [0.717, 1.165) is 37.7 Å². The largest absolute Gasteiger partial charge is 0.480 e. The average Bonchev–Trinajstić information content (AvgIpc) is 2.73. The standard InChI is InChI=1S/C22H30N2O5/c25-20(14-23-17(21(26)27)12-10-15-6-2-1-3-7-15)24-18-9-5-4-8-16(18)11-13-19(24)22(28)29/h1-3,6-7,16-19,23H,4-5,8-14H2,(H,26,27)(H,28,29). The molecule has 2 fully saturated rings. The van der Waals surface area contributed by atoms with Gasteiger partial charge in [-0.25, -0.2) is 4.79 Å². The first-order valence-electron chi connectivity index (χ1n) is 10.5. The molecular weight excluding hydrogens is 372 g/mol. The number of nitrogens with one attached hydrogen (secondary N) is 1. The van der Waals surface area contributed by atoms with Crippen molar-refractivity contribution < 1.29 is 24.6 Å². The summed E-state index contributed by atoms with van der Waals surface area (Å²) in [7, 11) is 0. The van der Waals surface area contributed by atoms with Gasteiger partial charge in [0.2, 0.25) is 5.91 Å². The summed E-state index contributed by atoms with van der Waals surface area (Å²) in [5.74, 6) is -1.92. The summed E-state index contributed by atoms with van der Waals surface area (Å²) >= 11 is 0. The van der Waals surface area contributed by atoms with Crippen LogP contribution >= 0.6 is 0 Å². The molecule has 0 spiro atoms. The molecule has 7 nitrogen and oxygen atoms in total. The number of hydrogen-bond donors (Lipinski definition) is 3. The summed E-state index contributed by atoms with van der Waals surface area (Å²) in [5.41, 5.74) is 1.04. The molecule has 4 atom stereocenters. The van der Waals surface area contributed by atoms with Gasteiger partial charge in [0, 0.05) is 6.04 Å². The maximum Gasteiger partial charge on any atom is 0.326 e. The molecule has 1 aliphatic heterocycles. The van der Waals surface area contributed by atoms with Crippen LogP contribution in [0, 0.1) is 5.92 Å². The first-order chi connectivity index (χ1) is 14.0. The van der Waals surface area contributed by atoms with Gasteiger partial charge >= 0.3 is 11.9 Å². The normalized spacial score (nSPS) is 25.1. The fourth-order valence-electron chi connectivity index (χ4n) is 4.80. The number of carbonyl (C=O) groups is 3. The van der Waals surface area contributed by atoms with E-state index in [2.05, 4.69) is 5.32 Å². The van der Waals surface area contributed by atoms with Crippen molar-refractivity contribution in [2.45, 2.75) is 69.5 Å². The second-order valence-electron chi connectivity index (χ2n) is 8.14. The van der Waals surface area contributed by atoms with E-state index in [1.165, 1.54) is 0 Å². The van der Waals surface area contributed by atoms with Crippen LogP contribution in [0.15, 0.2) is 30.3 Å². The lowest BCUT2D eigenvalue weighted by Crippen LogP contribution is -2.59. The number of aliphatic carboxylic acids is 2. The number of benzene rings is 1.